The molecular weight excluding hydrogens is 390 g/mol. The van der Waals surface area contributed by atoms with E-state index in [1.165, 1.54) is 5.56 Å². The van der Waals surface area contributed by atoms with Crippen molar-refractivity contribution in [2.45, 2.75) is 32.9 Å². The summed E-state index contributed by atoms with van der Waals surface area (Å²) in [5.74, 6) is 0.541. The molecule has 3 aromatic heterocycles. The maximum atomic E-state index is 12.2. The lowest BCUT2D eigenvalue weighted by molar-refractivity contribution is 0.433. The van der Waals surface area contributed by atoms with E-state index in [1.807, 2.05) is 38.4 Å². The summed E-state index contributed by atoms with van der Waals surface area (Å²) < 4.78 is 7.28. The largest absolute Gasteiger partial charge is 0.354 e. The van der Waals surface area contributed by atoms with Crippen LogP contribution >= 0.6 is 0 Å². The van der Waals surface area contributed by atoms with Crippen molar-refractivity contribution < 1.29 is 4.52 Å². The van der Waals surface area contributed by atoms with Crippen LogP contribution in [-0.2, 0) is 6.54 Å². The van der Waals surface area contributed by atoms with Crippen molar-refractivity contribution in [2.24, 2.45) is 0 Å². The maximum absolute atomic E-state index is 12.2. The lowest BCUT2D eigenvalue weighted by Gasteiger charge is -2.14. The molecule has 4 aromatic rings. The van der Waals surface area contributed by atoms with Gasteiger partial charge in [0, 0.05) is 42.0 Å². The SMILES string of the molecule is CCC(C)n1cc(-c2cncc(-c3cc(-c4ccc(CNC)cc4)no3)n2)ccc1=O. The molecule has 7 nitrogen and oxygen atoms in total. The number of benzene rings is 1. The Hall–Kier alpha value is -3.58. The molecule has 7 heteroatoms. The molecule has 0 fully saturated rings. The Kier molecular flexibility index (Phi) is 6.04. The zero-order valence-corrected chi connectivity index (χ0v) is 17.9. The third kappa shape index (κ3) is 4.46. The van der Waals surface area contributed by atoms with Crippen LogP contribution < -0.4 is 10.9 Å². The fourth-order valence-electron chi connectivity index (χ4n) is 3.35. The molecule has 1 N–H and O–H groups in total. The summed E-state index contributed by atoms with van der Waals surface area (Å²) >= 11 is 0. The lowest BCUT2D eigenvalue weighted by atomic mass is 10.1. The molecule has 0 radical (unpaired) electrons. The molecular formula is C24H25N5O2. The molecule has 1 aromatic carbocycles. The molecule has 4 rings (SSSR count). The smallest absolute Gasteiger partial charge is 0.250 e. The van der Waals surface area contributed by atoms with E-state index >= 15 is 0 Å². The van der Waals surface area contributed by atoms with Gasteiger partial charge in [0.1, 0.15) is 11.4 Å². The molecule has 0 saturated heterocycles. The number of pyridine rings is 1. The standard InChI is InChI=1S/C24H25N5O2/c1-4-16(2)29-15-19(9-10-24(29)30)21-13-26-14-22(27-21)23-11-20(28-31-23)18-7-5-17(6-8-18)12-25-3/h5-11,13-16,25H,4,12H2,1-3H3. The molecule has 31 heavy (non-hydrogen) atoms. The van der Waals surface area contributed by atoms with Crippen LogP contribution in [0.25, 0.3) is 34.0 Å². The Morgan fingerprint density at radius 1 is 1.03 bits per heavy atom. The molecule has 1 unspecified atom stereocenters. The van der Waals surface area contributed by atoms with E-state index in [0.29, 0.717) is 17.1 Å². The molecule has 0 saturated carbocycles. The fourth-order valence-corrected chi connectivity index (χ4v) is 3.35. The second-order valence-corrected chi connectivity index (χ2v) is 7.51. The van der Waals surface area contributed by atoms with Crippen LogP contribution in [-0.4, -0.2) is 26.7 Å². The number of hydrogen-bond donors (Lipinski definition) is 1. The van der Waals surface area contributed by atoms with E-state index in [4.69, 9.17) is 9.51 Å². The lowest BCUT2D eigenvalue weighted by Crippen LogP contribution is -2.21. The average molecular weight is 415 g/mol. The first-order chi connectivity index (χ1) is 15.1. The van der Waals surface area contributed by atoms with Gasteiger partial charge in [-0.05, 0) is 32.0 Å². The highest BCUT2D eigenvalue weighted by Gasteiger charge is 2.13. The third-order valence-electron chi connectivity index (χ3n) is 5.33. The quantitative estimate of drug-likeness (QED) is 0.484. The van der Waals surface area contributed by atoms with Crippen molar-refractivity contribution in [3.63, 3.8) is 0 Å². The van der Waals surface area contributed by atoms with Crippen molar-refractivity contribution in [2.75, 3.05) is 7.05 Å². The first-order valence-corrected chi connectivity index (χ1v) is 10.3. The van der Waals surface area contributed by atoms with Crippen LogP contribution in [0.5, 0.6) is 0 Å². The first kappa shape index (κ1) is 20.7. The minimum absolute atomic E-state index is 0.0252. The number of nitrogens with one attached hydrogen (secondary N) is 1. The van der Waals surface area contributed by atoms with E-state index in [9.17, 15) is 4.79 Å². The Morgan fingerprint density at radius 2 is 1.77 bits per heavy atom. The van der Waals surface area contributed by atoms with Crippen LogP contribution in [0.3, 0.4) is 0 Å². The van der Waals surface area contributed by atoms with Crippen molar-refractivity contribution in [1.29, 1.82) is 0 Å². The van der Waals surface area contributed by atoms with Gasteiger partial charge in [-0.15, -0.1) is 0 Å². The molecule has 0 aliphatic heterocycles. The first-order valence-electron chi connectivity index (χ1n) is 10.3. The second-order valence-electron chi connectivity index (χ2n) is 7.51. The highest BCUT2D eigenvalue weighted by atomic mass is 16.5. The van der Waals surface area contributed by atoms with Gasteiger partial charge in [0.15, 0.2) is 5.76 Å². The van der Waals surface area contributed by atoms with Gasteiger partial charge < -0.3 is 14.4 Å². The monoisotopic (exact) mass is 415 g/mol. The number of nitrogens with zero attached hydrogens (tertiary/aromatic N) is 4. The minimum Gasteiger partial charge on any atom is -0.354 e. The van der Waals surface area contributed by atoms with E-state index < -0.39 is 0 Å². The average Bonchev–Trinajstić information content (AvgIpc) is 3.30. The summed E-state index contributed by atoms with van der Waals surface area (Å²) in [7, 11) is 1.92. The predicted octanol–water partition coefficient (Wildman–Crippen LogP) is 4.32. The summed E-state index contributed by atoms with van der Waals surface area (Å²) in [6.07, 6.45) is 6.03. The van der Waals surface area contributed by atoms with Crippen molar-refractivity contribution in [3.8, 4) is 34.0 Å². The van der Waals surface area contributed by atoms with Crippen LogP contribution in [0.2, 0.25) is 0 Å². The Labute approximate surface area is 180 Å². The van der Waals surface area contributed by atoms with Gasteiger partial charge in [0.25, 0.3) is 5.56 Å². The van der Waals surface area contributed by atoms with Crippen LogP contribution in [0.15, 0.2) is 70.4 Å². The maximum Gasteiger partial charge on any atom is 0.250 e. The zero-order chi connectivity index (χ0) is 21.8. The minimum atomic E-state index is -0.0252. The number of rotatable bonds is 7. The van der Waals surface area contributed by atoms with Crippen LogP contribution in [0.4, 0.5) is 0 Å². The highest BCUT2D eigenvalue weighted by Crippen LogP contribution is 2.26. The summed E-state index contributed by atoms with van der Waals surface area (Å²) in [5.41, 5.74) is 4.97. The summed E-state index contributed by atoms with van der Waals surface area (Å²) in [4.78, 5) is 21.2. The molecule has 1 atom stereocenters. The van der Waals surface area contributed by atoms with Gasteiger partial charge in [-0.25, -0.2) is 4.98 Å². The Bertz CT molecular complexity index is 1230. The molecule has 0 bridgehead atoms. The van der Waals surface area contributed by atoms with Gasteiger partial charge in [0.2, 0.25) is 0 Å². The summed E-state index contributed by atoms with van der Waals surface area (Å²) in [5, 5.41) is 7.33. The topological polar surface area (TPSA) is 85.8 Å². The Morgan fingerprint density at radius 3 is 2.52 bits per heavy atom. The zero-order valence-electron chi connectivity index (χ0n) is 17.9. The summed E-state index contributed by atoms with van der Waals surface area (Å²) in [6, 6.07) is 13.5. The molecule has 0 aliphatic carbocycles. The fraction of sp³-hybridized carbons (Fsp3) is 0.250. The van der Waals surface area contributed by atoms with Gasteiger partial charge in [0.05, 0.1) is 18.1 Å². The van der Waals surface area contributed by atoms with E-state index in [2.05, 4.69) is 34.5 Å². The molecule has 0 spiro atoms. The number of hydrogen-bond acceptors (Lipinski definition) is 6. The van der Waals surface area contributed by atoms with Crippen molar-refractivity contribution >= 4 is 0 Å². The summed E-state index contributed by atoms with van der Waals surface area (Å²) in [6.45, 7) is 4.89. The van der Waals surface area contributed by atoms with E-state index in [-0.39, 0.29) is 11.6 Å². The van der Waals surface area contributed by atoms with Gasteiger partial charge in [-0.2, -0.15) is 0 Å². The highest BCUT2D eigenvalue weighted by molar-refractivity contribution is 5.66. The van der Waals surface area contributed by atoms with Gasteiger partial charge >= 0.3 is 0 Å². The van der Waals surface area contributed by atoms with Crippen molar-refractivity contribution in [3.05, 3.63) is 77.0 Å². The Balaban J connectivity index is 1.63. The van der Waals surface area contributed by atoms with E-state index in [0.717, 1.165) is 29.8 Å². The van der Waals surface area contributed by atoms with Crippen LogP contribution in [0.1, 0.15) is 31.9 Å². The van der Waals surface area contributed by atoms with Gasteiger partial charge in [-0.1, -0.05) is 36.3 Å². The molecule has 3 heterocycles. The van der Waals surface area contributed by atoms with E-state index in [1.54, 1.807) is 29.1 Å². The third-order valence-corrected chi connectivity index (χ3v) is 5.33. The second kappa shape index (κ2) is 9.06. The van der Waals surface area contributed by atoms with Gasteiger partial charge in [-0.3, -0.25) is 9.78 Å². The molecule has 0 aliphatic rings. The van der Waals surface area contributed by atoms with Crippen molar-refractivity contribution in [1.82, 2.24) is 25.0 Å². The predicted molar refractivity (Wildman–Crippen MR) is 120 cm³/mol. The normalized spacial score (nSPS) is 12.1. The van der Waals surface area contributed by atoms with Crippen LogP contribution in [0, 0.1) is 0 Å². The molecule has 158 valence electrons. The molecule has 0 amide bonds. The number of aromatic nitrogens is 4.